The zero-order valence-electron chi connectivity index (χ0n) is 21.3. The van der Waals surface area contributed by atoms with E-state index in [-0.39, 0.29) is 6.04 Å². The van der Waals surface area contributed by atoms with E-state index in [9.17, 15) is 0 Å². The van der Waals surface area contributed by atoms with Crippen molar-refractivity contribution in [3.05, 3.63) is 69.3 Å². The van der Waals surface area contributed by atoms with Crippen LogP contribution in [0.1, 0.15) is 43.6 Å². The van der Waals surface area contributed by atoms with Gasteiger partial charge in [-0.15, -0.1) is 0 Å². The maximum Gasteiger partial charge on any atom is 0.134 e. The predicted octanol–water partition coefficient (Wildman–Crippen LogP) is 5.63. The Hall–Kier alpha value is -2.26. The molecule has 0 spiro atoms. The lowest BCUT2D eigenvalue weighted by molar-refractivity contribution is 0.243. The Bertz CT molecular complexity index is 1140. The molecule has 3 aromatic heterocycles. The number of nitrogens with zero attached hydrogens (tertiary/aromatic N) is 5. The second kappa shape index (κ2) is 12.8. The van der Waals surface area contributed by atoms with E-state index in [1.54, 1.807) is 6.20 Å². The minimum atomic E-state index is 0.162. The summed E-state index contributed by atoms with van der Waals surface area (Å²) in [6, 6.07) is 8.28. The summed E-state index contributed by atoms with van der Waals surface area (Å²) in [5.41, 5.74) is 5.58. The molecule has 1 unspecified atom stereocenters. The molecule has 2 aliphatic heterocycles. The van der Waals surface area contributed by atoms with Crippen molar-refractivity contribution in [2.45, 2.75) is 39.7 Å². The second-order valence-electron chi connectivity index (χ2n) is 8.81. The quantitative estimate of drug-likeness (QED) is 0.371. The van der Waals surface area contributed by atoms with E-state index in [0.29, 0.717) is 0 Å². The number of halogens is 2. The van der Waals surface area contributed by atoms with Crippen LogP contribution in [0.15, 0.2) is 47.5 Å². The molecule has 0 bridgehead atoms. The van der Waals surface area contributed by atoms with Gasteiger partial charge in [-0.1, -0.05) is 25.4 Å². The number of fused-ring (bicyclic) bond motifs is 1. The topological polar surface area (TPSA) is 69.2 Å². The second-order valence-corrected chi connectivity index (χ2v) is 10.0. The molecule has 0 aromatic carbocycles. The Morgan fingerprint density at radius 3 is 2.67 bits per heavy atom. The molecule has 0 aliphatic carbocycles. The lowest BCUT2D eigenvalue weighted by atomic mass is 9.92. The van der Waals surface area contributed by atoms with E-state index in [0.717, 1.165) is 84.6 Å². The van der Waals surface area contributed by atoms with Crippen LogP contribution in [-0.2, 0) is 12.8 Å². The van der Waals surface area contributed by atoms with Crippen molar-refractivity contribution in [3.8, 4) is 0 Å². The minimum Gasteiger partial charge on any atom is -0.362 e. The molecule has 1 saturated heterocycles. The van der Waals surface area contributed by atoms with E-state index in [2.05, 4.69) is 59.3 Å². The number of hydrogen-bond donors (Lipinski definition) is 2. The third-order valence-electron chi connectivity index (χ3n) is 6.67. The highest BCUT2D eigenvalue weighted by molar-refractivity contribution is 9.10. The summed E-state index contributed by atoms with van der Waals surface area (Å²) in [4.78, 5) is 18.6. The van der Waals surface area contributed by atoms with Crippen LogP contribution < -0.4 is 15.5 Å². The highest BCUT2D eigenvalue weighted by Gasteiger charge is 2.29. The third-order valence-corrected chi connectivity index (χ3v) is 7.46. The molecule has 5 heterocycles. The summed E-state index contributed by atoms with van der Waals surface area (Å²) in [6.45, 7) is 12.4. The lowest BCUT2D eigenvalue weighted by Crippen LogP contribution is -2.44. The van der Waals surface area contributed by atoms with Gasteiger partial charge in [0, 0.05) is 63.1 Å². The van der Waals surface area contributed by atoms with Crippen molar-refractivity contribution in [2.24, 2.45) is 0 Å². The minimum absolute atomic E-state index is 0.162. The molecule has 0 amide bonds. The van der Waals surface area contributed by atoms with E-state index in [1.165, 1.54) is 11.1 Å². The lowest BCUT2D eigenvalue weighted by Gasteiger charge is -2.38. The molecule has 1 fully saturated rings. The van der Waals surface area contributed by atoms with Crippen LogP contribution in [0.25, 0.3) is 0 Å². The first-order valence-electron chi connectivity index (χ1n) is 12.8. The van der Waals surface area contributed by atoms with Crippen molar-refractivity contribution in [1.82, 2.24) is 25.2 Å². The van der Waals surface area contributed by atoms with Crippen molar-refractivity contribution in [2.75, 3.05) is 49.5 Å². The molecule has 1 atom stereocenters. The standard InChI is InChI=1S/C25H29BrClN7.C2H6/c1-17-21-14-18(5-10-33-12-8-28-9-13-33)31-25(32-19-2-3-24(26)30-15-19)20(21)6-11-34(17)23-16-29-7-4-22(23)27;1-2/h2-4,7,14-17,28H,5-6,8-13H2,1H3,(H,31,32);1-2H3. The van der Waals surface area contributed by atoms with E-state index >= 15 is 0 Å². The Kier molecular flexibility index (Phi) is 9.53. The van der Waals surface area contributed by atoms with Gasteiger partial charge in [0.15, 0.2) is 0 Å². The Labute approximate surface area is 227 Å². The average molecular weight is 573 g/mol. The summed E-state index contributed by atoms with van der Waals surface area (Å²) in [5.74, 6) is 0.931. The smallest absolute Gasteiger partial charge is 0.134 e. The summed E-state index contributed by atoms with van der Waals surface area (Å²) in [6.07, 6.45) is 7.23. The molecule has 5 rings (SSSR count). The molecule has 192 valence electrons. The van der Waals surface area contributed by atoms with Gasteiger partial charge < -0.3 is 20.4 Å². The van der Waals surface area contributed by atoms with E-state index < -0.39 is 0 Å². The molecule has 36 heavy (non-hydrogen) atoms. The number of pyridine rings is 3. The summed E-state index contributed by atoms with van der Waals surface area (Å²) in [5, 5.41) is 7.71. The molecule has 3 aromatic rings. The van der Waals surface area contributed by atoms with Crippen LogP contribution in [0.3, 0.4) is 0 Å². The number of aromatic nitrogens is 3. The Morgan fingerprint density at radius 1 is 1.14 bits per heavy atom. The van der Waals surface area contributed by atoms with Gasteiger partial charge in [-0.25, -0.2) is 9.97 Å². The number of hydrogen-bond acceptors (Lipinski definition) is 7. The van der Waals surface area contributed by atoms with Gasteiger partial charge in [0.1, 0.15) is 10.4 Å². The van der Waals surface area contributed by atoms with Crippen molar-refractivity contribution in [1.29, 1.82) is 0 Å². The summed E-state index contributed by atoms with van der Waals surface area (Å²) < 4.78 is 0.815. The monoisotopic (exact) mass is 571 g/mol. The van der Waals surface area contributed by atoms with Gasteiger partial charge in [0.2, 0.25) is 0 Å². The van der Waals surface area contributed by atoms with Crippen LogP contribution in [-0.4, -0.2) is 59.1 Å². The molecular weight excluding hydrogens is 538 g/mol. The van der Waals surface area contributed by atoms with Crippen molar-refractivity contribution in [3.63, 3.8) is 0 Å². The van der Waals surface area contributed by atoms with Gasteiger partial charge in [0.05, 0.1) is 34.8 Å². The number of piperazine rings is 1. The molecule has 2 aliphatic rings. The SMILES string of the molecule is CC.CC1c2cc(CCN3CCNCC3)nc(Nc3ccc(Br)nc3)c2CCN1c1cnccc1Cl. The number of anilines is 3. The average Bonchev–Trinajstić information content (AvgIpc) is 2.92. The van der Waals surface area contributed by atoms with Gasteiger partial charge in [-0.2, -0.15) is 0 Å². The van der Waals surface area contributed by atoms with Crippen LogP contribution >= 0.6 is 27.5 Å². The maximum absolute atomic E-state index is 6.54. The highest BCUT2D eigenvalue weighted by atomic mass is 79.9. The van der Waals surface area contributed by atoms with Crippen LogP contribution in [0.4, 0.5) is 17.2 Å². The van der Waals surface area contributed by atoms with Gasteiger partial charge >= 0.3 is 0 Å². The molecule has 2 N–H and O–H groups in total. The summed E-state index contributed by atoms with van der Waals surface area (Å²) in [7, 11) is 0. The molecule has 9 heteroatoms. The van der Waals surface area contributed by atoms with E-state index in [1.807, 2.05) is 44.4 Å². The fraction of sp³-hybridized carbons (Fsp3) is 0.444. The fourth-order valence-electron chi connectivity index (χ4n) is 4.81. The van der Waals surface area contributed by atoms with Crippen molar-refractivity contribution < 1.29 is 0 Å². The van der Waals surface area contributed by atoms with Crippen LogP contribution in [0.5, 0.6) is 0 Å². The van der Waals surface area contributed by atoms with E-state index in [4.69, 9.17) is 16.6 Å². The van der Waals surface area contributed by atoms with Crippen LogP contribution in [0.2, 0.25) is 5.02 Å². The third kappa shape index (κ3) is 6.35. The Morgan fingerprint density at radius 2 is 1.94 bits per heavy atom. The summed E-state index contributed by atoms with van der Waals surface area (Å²) >= 11 is 9.96. The van der Waals surface area contributed by atoms with Gasteiger partial charge in [-0.3, -0.25) is 4.98 Å². The van der Waals surface area contributed by atoms with Gasteiger partial charge in [0.25, 0.3) is 0 Å². The molecule has 0 saturated carbocycles. The molecule has 0 radical (unpaired) electrons. The first-order chi connectivity index (χ1) is 17.6. The fourth-order valence-corrected chi connectivity index (χ4v) is 5.26. The Balaban J connectivity index is 0.00000148. The number of rotatable bonds is 6. The normalized spacial score (nSPS) is 17.7. The zero-order chi connectivity index (χ0) is 25.5. The van der Waals surface area contributed by atoms with Crippen molar-refractivity contribution >= 4 is 44.7 Å². The van der Waals surface area contributed by atoms with Gasteiger partial charge in [-0.05, 0) is 59.1 Å². The maximum atomic E-state index is 6.54. The molecular formula is C27H35BrClN7. The highest BCUT2D eigenvalue weighted by Crippen LogP contribution is 2.39. The zero-order valence-corrected chi connectivity index (χ0v) is 23.6. The first-order valence-corrected chi connectivity index (χ1v) is 14.0. The largest absolute Gasteiger partial charge is 0.362 e. The predicted molar refractivity (Wildman–Crippen MR) is 153 cm³/mol. The number of nitrogens with one attached hydrogen (secondary N) is 2. The van der Waals surface area contributed by atoms with Crippen LogP contribution in [0, 0.1) is 0 Å². The molecule has 7 nitrogen and oxygen atoms in total. The first kappa shape index (κ1) is 26.8.